The maximum atomic E-state index is 13.1. The van der Waals surface area contributed by atoms with Crippen molar-refractivity contribution in [2.45, 2.75) is 26.3 Å². The first-order chi connectivity index (χ1) is 12.8. The molecule has 2 aromatic rings. The summed E-state index contributed by atoms with van der Waals surface area (Å²) in [6, 6.07) is 13.5. The van der Waals surface area contributed by atoms with Crippen LogP contribution in [0.4, 0.5) is 0 Å². The van der Waals surface area contributed by atoms with Gasteiger partial charge < -0.3 is 9.64 Å². The number of rotatable bonds is 3. The molecule has 1 heterocycles. The zero-order valence-corrected chi connectivity index (χ0v) is 17.2. The Bertz CT molecular complexity index is 807. The Labute approximate surface area is 166 Å². The molecule has 1 aliphatic rings. The van der Waals surface area contributed by atoms with E-state index in [2.05, 4.69) is 25.7 Å². The molecule has 2 aromatic carbocycles. The summed E-state index contributed by atoms with van der Waals surface area (Å²) >= 11 is 6.52. The normalized spacial score (nSPS) is 15.7. The van der Waals surface area contributed by atoms with Crippen molar-refractivity contribution in [1.82, 2.24) is 9.80 Å². The van der Waals surface area contributed by atoms with E-state index in [1.54, 1.807) is 13.2 Å². The maximum Gasteiger partial charge on any atom is 0.257 e. The number of benzene rings is 2. The van der Waals surface area contributed by atoms with Gasteiger partial charge in [0, 0.05) is 42.3 Å². The lowest BCUT2D eigenvalue weighted by molar-refractivity contribution is 0.0449. The van der Waals surface area contributed by atoms with Crippen LogP contribution in [0.1, 0.15) is 31.1 Å². The number of methoxy groups -OCH3 is 1. The Hall–Kier alpha value is -2.04. The van der Waals surface area contributed by atoms with Crippen molar-refractivity contribution < 1.29 is 9.53 Å². The third-order valence-electron chi connectivity index (χ3n) is 5.12. The summed E-state index contributed by atoms with van der Waals surface area (Å²) in [4.78, 5) is 17.4. The molecule has 1 amide bonds. The highest BCUT2D eigenvalue weighted by atomic mass is 35.5. The predicted octanol–water partition coefficient (Wildman–Crippen LogP) is 4.57. The second-order valence-corrected chi connectivity index (χ2v) is 8.26. The van der Waals surface area contributed by atoms with E-state index in [0.29, 0.717) is 29.4 Å². The van der Waals surface area contributed by atoms with Crippen LogP contribution >= 0.6 is 11.6 Å². The highest BCUT2D eigenvalue weighted by Gasteiger charge is 2.29. The molecule has 0 radical (unpaired) electrons. The number of carbonyl (C=O) groups excluding carboxylic acids is 1. The lowest BCUT2D eigenvalue weighted by Gasteiger charge is -2.42. The SMILES string of the molecule is COc1cc(-c2ccccc2)c(Cl)cc1C(=O)N1CCN(C(C)(C)C)CC1. The van der Waals surface area contributed by atoms with Crippen molar-refractivity contribution in [2.24, 2.45) is 0 Å². The van der Waals surface area contributed by atoms with Gasteiger partial charge in [0.2, 0.25) is 0 Å². The molecule has 0 spiro atoms. The smallest absolute Gasteiger partial charge is 0.257 e. The summed E-state index contributed by atoms with van der Waals surface area (Å²) in [5.74, 6) is 0.531. The molecule has 4 nitrogen and oxygen atoms in total. The average Bonchev–Trinajstić information content (AvgIpc) is 2.67. The number of carbonyl (C=O) groups is 1. The molecular formula is C22H27ClN2O2. The largest absolute Gasteiger partial charge is 0.496 e. The molecule has 3 rings (SSSR count). The minimum Gasteiger partial charge on any atom is -0.496 e. The van der Waals surface area contributed by atoms with Gasteiger partial charge in [-0.2, -0.15) is 0 Å². The van der Waals surface area contributed by atoms with E-state index < -0.39 is 0 Å². The molecule has 1 fully saturated rings. The van der Waals surface area contributed by atoms with E-state index in [1.807, 2.05) is 41.3 Å². The Morgan fingerprint density at radius 2 is 1.67 bits per heavy atom. The molecule has 0 saturated carbocycles. The van der Waals surface area contributed by atoms with Gasteiger partial charge in [0.15, 0.2) is 0 Å². The van der Waals surface area contributed by atoms with Gasteiger partial charge in [-0.15, -0.1) is 0 Å². The maximum absolute atomic E-state index is 13.1. The van der Waals surface area contributed by atoms with Crippen molar-refractivity contribution in [2.75, 3.05) is 33.3 Å². The topological polar surface area (TPSA) is 32.8 Å². The van der Waals surface area contributed by atoms with Crippen molar-refractivity contribution in [3.05, 3.63) is 53.1 Å². The first-order valence-corrected chi connectivity index (χ1v) is 9.66. The van der Waals surface area contributed by atoms with Crippen LogP contribution in [0.25, 0.3) is 11.1 Å². The minimum absolute atomic E-state index is 0.0260. The van der Waals surface area contributed by atoms with E-state index in [0.717, 1.165) is 24.2 Å². The van der Waals surface area contributed by atoms with E-state index >= 15 is 0 Å². The monoisotopic (exact) mass is 386 g/mol. The van der Waals surface area contributed by atoms with Crippen molar-refractivity contribution in [1.29, 1.82) is 0 Å². The summed E-state index contributed by atoms with van der Waals surface area (Å²) in [5, 5.41) is 0.554. The lowest BCUT2D eigenvalue weighted by Crippen LogP contribution is -2.54. The molecule has 0 aliphatic carbocycles. The third kappa shape index (κ3) is 4.28. The van der Waals surface area contributed by atoms with E-state index in [9.17, 15) is 4.79 Å². The van der Waals surface area contributed by atoms with E-state index in [4.69, 9.17) is 16.3 Å². The molecule has 144 valence electrons. The van der Waals surface area contributed by atoms with Crippen LogP contribution in [0.3, 0.4) is 0 Å². The molecule has 0 bridgehead atoms. The van der Waals surface area contributed by atoms with Crippen LogP contribution in [-0.4, -0.2) is 54.5 Å². The fraction of sp³-hybridized carbons (Fsp3) is 0.409. The van der Waals surface area contributed by atoms with E-state index in [1.165, 1.54) is 0 Å². The molecule has 0 N–H and O–H groups in total. The molecule has 1 saturated heterocycles. The fourth-order valence-electron chi connectivity index (χ4n) is 3.48. The Morgan fingerprint density at radius 1 is 1.04 bits per heavy atom. The number of halogens is 1. The van der Waals surface area contributed by atoms with Gasteiger partial charge in [-0.1, -0.05) is 41.9 Å². The molecule has 5 heteroatoms. The van der Waals surface area contributed by atoms with Crippen LogP contribution in [0.5, 0.6) is 5.75 Å². The number of hydrogen-bond donors (Lipinski definition) is 0. The van der Waals surface area contributed by atoms with Gasteiger partial charge in [-0.05, 0) is 38.5 Å². The van der Waals surface area contributed by atoms with Gasteiger partial charge in [-0.3, -0.25) is 9.69 Å². The highest BCUT2D eigenvalue weighted by Crippen LogP contribution is 2.35. The summed E-state index contributed by atoms with van der Waals surface area (Å²) in [6.07, 6.45) is 0. The Morgan fingerprint density at radius 3 is 2.22 bits per heavy atom. The third-order valence-corrected chi connectivity index (χ3v) is 5.43. The molecule has 27 heavy (non-hydrogen) atoms. The van der Waals surface area contributed by atoms with Crippen LogP contribution in [0.15, 0.2) is 42.5 Å². The molecule has 0 unspecified atom stereocenters. The lowest BCUT2D eigenvalue weighted by atomic mass is 10.0. The predicted molar refractivity (Wildman–Crippen MR) is 111 cm³/mol. The summed E-state index contributed by atoms with van der Waals surface area (Å²) in [5.41, 5.74) is 2.50. The number of hydrogen-bond acceptors (Lipinski definition) is 3. The van der Waals surface area contributed by atoms with Gasteiger partial charge in [0.25, 0.3) is 5.91 Å². The van der Waals surface area contributed by atoms with Crippen LogP contribution in [0, 0.1) is 0 Å². The molecule has 1 aliphatic heterocycles. The number of amides is 1. The van der Waals surface area contributed by atoms with Crippen LogP contribution < -0.4 is 4.74 Å². The summed E-state index contributed by atoms with van der Waals surface area (Å²) < 4.78 is 5.53. The van der Waals surface area contributed by atoms with Gasteiger partial charge in [0.05, 0.1) is 12.7 Å². The fourth-order valence-corrected chi connectivity index (χ4v) is 3.75. The average molecular weight is 387 g/mol. The van der Waals surface area contributed by atoms with Crippen LogP contribution in [-0.2, 0) is 0 Å². The van der Waals surface area contributed by atoms with E-state index in [-0.39, 0.29) is 11.4 Å². The second kappa shape index (κ2) is 7.91. The molecular weight excluding hydrogens is 360 g/mol. The van der Waals surface area contributed by atoms with Crippen molar-refractivity contribution in [3.63, 3.8) is 0 Å². The second-order valence-electron chi connectivity index (χ2n) is 7.85. The van der Waals surface area contributed by atoms with Crippen LogP contribution in [0.2, 0.25) is 5.02 Å². The zero-order chi connectivity index (χ0) is 19.6. The van der Waals surface area contributed by atoms with Gasteiger partial charge >= 0.3 is 0 Å². The Balaban J connectivity index is 1.84. The first-order valence-electron chi connectivity index (χ1n) is 9.28. The number of ether oxygens (including phenoxy) is 1. The molecule has 0 atom stereocenters. The number of nitrogens with zero attached hydrogens (tertiary/aromatic N) is 2. The Kier molecular flexibility index (Phi) is 5.78. The quantitative estimate of drug-likeness (QED) is 0.774. The number of piperazine rings is 1. The summed E-state index contributed by atoms with van der Waals surface area (Å²) in [7, 11) is 1.59. The highest BCUT2D eigenvalue weighted by molar-refractivity contribution is 6.33. The van der Waals surface area contributed by atoms with Crippen molar-refractivity contribution in [3.8, 4) is 16.9 Å². The zero-order valence-electron chi connectivity index (χ0n) is 16.5. The van der Waals surface area contributed by atoms with Crippen molar-refractivity contribution >= 4 is 17.5 Å². The summed E-state index contributed by atoms with van der Waals surface area (Å²) in [6.45, 7) is 9.76. The first kappa shape index (κ1) is 19.7. The van der Waals surface area contributed by atoms with Gasteiger partial charge in [0.1, 0.15) is 5.75 Å². The van der Waals surface area contributed by atoms with Gasteiger partial charge in [-0.25, -0.2) is 0 Å². The molecule has 0 aromatic heterocycles. The standard InChI is InChI=1S/C22H27ClN2O2/c1-22(2,3)25-12-10-24(11-13-25)21(26)18-14-19(23)17(15-20(18)27-4)16-8-6-5-7-9-16/h5-9,14-15H,10-13H2,1-4H3. The minimum atomic E-state index is -0.0260.